The van der Waals surface area contributed by atoms with Gasteiger partial charge in [-0.3, -0.25) is 4.90 Å². The number of carboxylic acid groups (broad SMARTS) is 1. The van der Waals surface area contributed by atoms with E-state index >= 15 is 0 Å². The van der Waals surface area contributed by atoms with E-state index in [4.69, 9.17) is 9.84 Å². The van der Waals surface area contributed by atoms with E-state index in [1.807, 2.05) is 0 Å². The molecule has 1 saturated heterocycles. The van der Waals surface area contributed by atoms with Gasteiger partial charge in [0.15, 0.2) is 6.04 Å². The van der Waals surface area contributed by atoms with Gasteiger partial charge in [0.25, 0.3) is 0 Å². The number of ether oxygens (including phenoxy) is 1. The van der Waals surface area contributed by atoms with Gasteiger partial charge in [-0.15, -0.1) is 0 Å². The van der Waals surface area contributed by atoms with Gasteiger partial charge in [0, 0.05) is 0 Å². The van der Waals surface area contributed by atoms with Crippen LogP contribution in [-0.2, 0) is 9.53 Å². The molecule has 0 aliphatic carbocycles. The van der Waals surface area contributed by atoms with Crippen LogP contribution in [0.25, 0.3) is 0 Å². The van der Waals surface area contributed by atoms with Crippen molar-refractivity contribution >= 4 is 12.1 Å². The third-order valence-corrected chi connectivity index (χ3v) is 1.53. The molecular weight excluding hydrogens is 174 g/mol. The first-order valence-corrected chi connectivity index (χ1v) is 4.04. The monoisotopic (exact) mass is 187 g/mol. The van der Waals surface area contributed by atoms with Gasteiger partial charge in [-0.1, -0.05) is 0 Å². The molecule has 1 fully saturated rings. The number of hydrogen-bond acceptors (Lipinski definition) is 3. The fraction of sp³-hybridized carbons (Fsp3) is 0.750. The van der Waals surface area contributed by atoms with Crippen LogP contribution in [0, 0.1) is 0 Å². The first-order chi connectivity index (χ1) is 5.81. The maximum absolute atomic E-state index is 11.2. The minimum atomic E-state index is -0.981. The van der Waals surface area contributed by atoms with Crippen molar-refractivity contribution in [2.24, 2.45) is 0 Å². The highest BCUT2D eigenvalue weighted by Crippen LogP contribution is 2.21. The maximum Gasteiger partial charge on any atom is 0.411 e. The van der Waals surface area contributed by atoms with E-state index < -0.39 is 23.7 Å². The van der Waals surface area contributed by atoms with Gasteiger partial charge in [-0.05, 0) is 20.8 Å². The van der Waals surface area contributed by atoms with Crippen molar-refractivity contribution in [3.8, 4) is 0 Å². The smallest absolute Gasteiger partial charge is 0.411 e. The van der Waals surface area contributed by atoms with Crippen LogP contribution in [0.4, 0.5) is 4.79 Å². The van der Waals surface area contributed by atoms with Crippen LogP contribution in [0.2, 0.25) is 0 Å². The molecule has 0 aromatic heterocycles. The Balaban J connectivity index is 2.40. The number of rotatable bonds is 1. The number of nitrogens with zero attached hydrogens (tertiary/aromatic N) is 1. The predicted molar refractivity (Wildman–Crippen MR) is 44.4 cm³/mol. The van der Waals surface area contributed by atoms with Gasteiger partial charge in [-0.2, -0.15) is 0 Å². The Hall–Kier alpha value is -1.26. The molecular formula is C8H13NO4. The highest BCUT2D eigenvalue weighted by atomic mass is 16.6. The Morgan fingerprint density at radius 2 is 2.00 bits per heavy atom. The molecule has 1 aliphatic heterocycles. The standard InChI is InChI=1S/C8H13NO4/c1-8(2,3)13-7(12)9-4-5(9)6(10)11/h5H,4H2,1-3H3,(H,10,11)/t5-,9?/m0/s1. The second-order valence-corrected chi connectivity index (χ2v) is 3.99. The number of hydrogen-bond donors (Lipinski definition) is 1. The normalized spacial score (nSPS) is 21.2. The number of carbonyl (C=O) groups excluding carboxylic acids is 1. The van der Waals surface area contributed by atoms with Crippen molar-refractivity contribution in [3.63, 3.8) is 0 Å². The van der Waals surface area contributed by atoms with Crippen molar-refractivity contribution in [2.75, 3.05) is 6.54 Å². The predicted octanol–water partition coefficient (Wildman–Crippen LogP) is 0.690. The summed E-state index contributed by atoms with van der Waals surface area (Å²) in [4.78, 5) is 22.7. The first-order valence-electron chi connectivity index (χ1n) is 4.04. The zero-order chi connectivity index (χ0) is 10.2. The summed E-state index contributed by atoms with van der Waals surface area (Å²) in [5.74, 6) is -0.981. The fourth-order valence-corrected chi connectivity index (χ4v) is 0.873. The second kappa shape index (κ2) is 2.90. The molecule has 5 heteroatoms. The number of amides is 1. The maximum atomic E-state index is 11.2. The van der Waals surface area contributed by atoms with E-state index in [-0.39, 0.29) is 6.54 Å². The summed E-state index contributed by atoms with van der Waals surface area (Å²) in [6.07, 6.45) is -0.556. The topological polar surface area (TPSA) is 66.6 Å². The van der Waals surface area contributed by atoms with E-state index in [1.54, 1.807) is 20.8 Å². The molecule has 0 unspecified atom stereocenters. The van der Waals surface area contributed by atoms with Crippen LogP contribution in [0.1, 0.15) is 20.8 Å². The summed E-state index contributed by atoms with van der Waals surface area (Å²) >= 11 is 0. The molecule has 1 atom stereocenters. The number of aliphatic carboxylic acids is 1. The molecule has 1 aliphatic rings. The molecule has 0 spiro atoms. The Kier molecular flexibility index (Phi) is 2.19. The van der Waals surface area contributed by atoms with Crippen LogP contribution >= 0.6 is 0 Å². The summed E-state index contributed by atoms with van der Waals surface area (Å²) in [5, 5.41) is 8.52. The van der Waals surface area contributed by atoms with Crippen LogP contribution in [-0.4, -0.2) is 40.3 Å². The van der Waals surface area contributed by atoms with E-state index in [1.165, 1.54) is 4.90 Å². The van der Waals surface area contributed by atoms with Crippen molar-refractivity contribution in [2.45, 2.75) is 32.4 Å². The Labute approximate surface area is 76.3 Å². The molecule has 74 valence electrons. The zero-order valence-electron chi connectivity index (χ0n) is 7.90. The molecule has 5 nitrogen and oxygen atoms in total. The highest BCUT2D eigenvalue weighted by Gasteiger charge is 2.46. The van der Waals surface area contributed by atoms with Gasteiger partial charge in [0.05, 0.1) is 6.54 Å². The molecule has 1 heterocycles. The largest absolute Gasteiger partial charge is 0.480 e. The van der Waals surface area contributed by atoms with E-state index in [2.05, 4.69) is 0 Å². The second-order valence-electron chi connectivity index (χ2n) is 3.99. The van der Waals surface area contributed by atoms with Gasteiger partial charge in [0.2, 0.25) is 0 Å². The average Bonchev–Trinajstić information content (AvgIpc) is 2.58. The van der Waals surface area contributed by atoms with E-state index in [0.717, 1.165) is 0 Å². The molecule has 0 aromatic carbocycles. The molecule has 0 aromatic rings. The summed E-state index contributed by atoms with van der Waals surface area (Å²) in [5.41, 5.74) is -0.567. The Morgan fingerprint density at radius 3 is 2.31 bits per heavy atom. The average molecular weight is 187 g/mol. The van der Waals surface area contributed by atoms with Crippen LogP contribution in [0.3, 0.4) is 0 Å². The van der Waals surface area contributed by atoms with Gasteiger partial charge < -0.3 is 9.84 Å². The lowest BCUT2D eigenvalue weighted by Crippen LogP contribution is -2.29. The molecule has 0 radical (unpaired) electrons. The summed E-state index contributed by atoms with van der Waals surface area (Å²) in [7, 11) is 0. The molecule has 13 heavy (non-hydrogen) atoms. The zero-order valence-corrected chi connectivity index (χ0v) is 7.90. The van der Waals surface area contributed by atoms with Crippen LogP contribution in [0.15, 0.2) is 0 Å². The summed E-state index contributed by atoms with van der Waals surface area (Å²) < 4.78 is 4.97. The quantitative estimate of drug-likeness (QED) is 0.613. The summed E-state index contributed by atoms with van der Waals surface area (Å²) in [6, 6.07) is -0.685. The van der Waals surface area contributed by atoms with Crippen LogP contribution < -0.4 is 0 Å². The van der Waals surface area contributed by atoms with Crippen molar-refractivity contribution in [1.29, 1.82) is 0 Å². The van der Waals surface area contributed by atoms with Gasteiger partial charge >= 0.3 is 12.1 Å². The SMILES string of the molecule is CC(C)(C)OC(=O)N1C[C@H]1C(=O)O. The Bertz CT molecular complexity index is 243. The lowest BCUT2D eigenvalue weighted by Gasteiger charge is -2.19. The van der Waals surface area contributed by atoms with E-state index in [0.29, 0.717) is 0 Å². The third kappa shape index (κ3) is 2.61. The van der Waals surface area contributed by atoms with E-state index in [9.17, 15) is 9.59 Å². The third-order valence-electron chi connectivity index (χ3n) is 1.53. The number of carbonyl (C=O) groups is 2. The lowest BCUT2D eigenvalue weighted by molar-refractivity contribution is -0.137. The summed E-state index contributed by atoms with van der Waals surface area (Å²) in [6.45, 7) is 5.47. The Morgan fingerprint density at radius 1 is 1.46 bits per heavy atom. The fourth-order valence-electron chi connectivity index (χ4n) is 0.873. The van der Waals surface area contributed by atoms with Crippen LogP contribution in [0.5, 0.6) is 0 Å². The first kappa shape index (κ1) is 9.83. The van der Waals surface area contributed by atoms with Crippen molar-refractivity contribution in [3.05, 3.63) is 0 Å². The molecule has 0 saturated carbocycles. The molecule has 1 rings (SSSR count). The lowest BCUT2D eigenvalue weighted by atomic mass is 10.2. The van der Waals surface area contributed by atoms with Crippen molar-refractivity contribution < 1.29 is 19.4 Å². The van der Waals surface area contributed by atoms with Gasteiger partial charge in [-0.25, -0.2) is 9.59 Å². The van der Waals surface area contributed by atoms with Crippen molar-refractivity contribution in [1.82, 2.24) is 4.90 Å². The minimum absolute atomic E-state index is 0.254. The molecule has 0 bridgehead atoms. The molecule has 1 amide bonds. The van der Waals surface area contributed by atoms with Gasteiger partial charge in [0.1, 0.15) is 5.60 Å². The highest BCUT2D eigenvalue weighted by molar-refractivity contribution is 5.85. The number of carboxylic acids is 1. The molecule has 1 N–H and O–H groups in total. The minimum Gasteiger partial charge on any atom is -0.480 e.